The topological polar surface area (TPSA) is 112 Å². The van der Waals surface area contributed by atoms with Crippen LogP contribution in [0, 0.1) is 17.0 Å². The first-order valence-electron chi connectivity index (χ1n) is 9.05. The minimum atomic E-state index is -0.591. The highest BCUT2D eigenvalue weighted by Gasteiger charge is 2.28. The van der Waals surface area contributed by atoms with E-state index < -0.39 is 10.8 Å². The van der Waals surface area contributed by atoms with Gasteiger partial charge in [-0.15, -0.1) is 0 Å². The molecule has 4 rings (SSSR count). The Bertz CT molecular complexity index is 1040. The second kappa shape index (κ2) is 7.35. The average Bonchev–Trinajstić information content (AvgIpc) is 3.13. The maximum absolute atomic E-state index is 12.7. The van der Waals surface area contributed by atoms with Crippen molar-refractivity contribution in [3.05, 3.63) is 57.9 Å². The normalized spacial score (nSPS) is 16.8. The molecule has 0 saturated carbocycles. The maximum atomic E-state index is 12.7. The summed E-state index contributed by atoms with van der Waals surface area (Å²) in [7, 11) is 0. The number of pyridine rings is 1. The van der Waals surface area contributed by atoms with Crippen molar-refractivity contribution in [3.63, 3.8) is 0 Å². The number of nitrogens with one attached hydrogen (secondary N) is 1. The molecular formula is C19H19N5O4. The summed E-state index contributed by atoms with van der Waals surface area (Å²) in [4.78, 5) is 28.0. The van der Waals surface area contributed by atoms with Crippen molar-refractivity contribution in [1.29, 1.82) is 0 Å². The number of aromatic nitrogens is 3. The Hall–Kier alpha value is -3.33. The third-order valence-electron chi connectivity index (χ3n) is 4.76. The van der Waals surface area contributed by atoms with Crippen LogP contribution in [0.25, 0.3) is 10.9 Å². The first-order valence-corrected chi connectivity index (χ1v) is 9.05. The first kappa shape index (κ1) is 18.1. The number of hydrogen-bond donors (Lipinski definition) is 1. The predicted molar refractivity (Wildman–Crippen MR) is 102 cm³/mol. The fraction of sp³-hybridized carbons (Fsp3) is 0.316. The number of nitro benzene ring substituents is 1. The van der Waals surface area contributed by atoms with Crippen molar-refractivity contribution in [2.24, 2.45) is 0 Å². The number of fused-ring (bicyclic) bond motifs is 1. The molecule has 0 bridgehead atoms. The zero-order chi connectivity index (χ0) is 19.7. The second-order valence-electron chi connectivity index (χ2n) is 6.74. The third kappa shape index (κ3) is 3.31. The number of nitro groups is 1. The third-order valence-corrected chi connectivity index (χ3v) is 4.76. The van der Waals surface area contributed by atoms with E-state index in [4.69, 9.17) is 4.74 Å². The van der Waals surface area contributed by atoms with Crippen LogP contribution in [0.1, 0.15) is 41.4 Å². The molecule has 1 aliphatic heterocycles. The summed E-state index contributed by atoms with van der Waals surface area (Å²) in [5, 5.41) is 19.0. The SMILES string of the molecule is Cc1ccc(NC(=O)c2ccc3c(cnn3C3CCCCO3)c2[N+](=O)[O-])nc1. The van der Waals surface area contributed by atoms with Gasteiger partial charge in [-0.1, -0.05) is 6.07 Å². The molecule has 1 N–H and O–H groups in total. The van der Waals surface area contributed by atoms with E-state index in [0.29, 0.717) is 23.3 Å². The Labute approximate surface area is 160 Å². The molecule has 144 valence electrons. The van der Waals surface area contributed by atoms with E-state index in [-0.39, 0.29) is 17.5 Å². The van der Waals surface area contributed by atoms with Gasteiger partial charge < -0.3 is 10.1 Å². The van der Waals surface area contributed by atoms with Crippen molar-refractivity contribution in [2.75, 3.05) is 11.9 Å². The number of amides is 1. The van der Waals surface area contributed by atoms with Gasteiger partial charge in [0.15, 0.2) is 6.23 Å². The molecule has 1 fully saturated rings. The van der Waals surface area contributed by atoms with Crippen molar-refractivity contribution < 1.29 is 14.5 Å². The molecule has 2 aromatic heterocycles. The van der Waals surface area contributed by atoms with E-state index in [1.54, 1.807) is 29.1 Å². The van der Waals surface area contributed by atoms with Gasteiger partial charge in [-0.3, -0.25) is 14.9 Å². The van der Waals surface area contributed by atoms with Crippen LogP contribution in [-0.2, 0) is 4.74 Å². The standard InChI is InChI=1S/C19H19N5O4/c1-12-5-8-16(20-10-12)22-19(25)13-6-7-15-14(18(13)24(26)27)11-21-23(15)17-4-2-3-9-28-17/h5-8,10-11,17H,2-4,9H2,1H3,(H,20,22,25). The van der Waals surface area contributed by atoms with Crippen molar-refractivity contribution in [1.82, 2.24) is 14.8 Å². The number of aryl methyl sites for hydroxylation is 1. The molecule has 1 aliphatic rings. The maximum Gasteiger partial charge on any atom is 0.293 e. The number of benzene rings is 1. The van der Waals surface area contributed by atoms with Gasteiger partial charge in [-0.2, -0.15) is 5.10 Å². The highest BCUT2D eigenvalue weighted by atomic mass is 16.6. The summed E-state index contributed by atoms with van der Waals surface area (Å²) < 4.78 is 7.40. The van der Waals surface area contributed by atoms with Crippen LogP contribution in [0.15, 0.2) is 36.7 Å². The molecule has 0 radical (unpaired) electrons. The lowest BCUT2D eigenvalue weighted by Gasteiger charge is -2.23. The molecule has 1 unspecified atom stereocenters. The summed E-state index contributed by atoms with van der Waals surface area (Å²) in [6.07, 6.45) is 5.59. The summed E-state index contributed by atoms with van der Waals surface area (Å²) >= 11 is 0. The molecule has 3 aromatic rings. The minimum Gasteiger partial charge on any atom is -0.356 e. The molecular weight excluding hydrogens is 362 g/mol. The van der Waals surface area contributed by atoms with E-state index in [1.807, 2.05) is 6.92 Å². The van der Waals surface area contributed by atoms with Gasteiger partial charge in [0.2, 0.25) is 0 Å². The lowest BCUT2D eigenvalue weighted by Crippen LogP contribution is -2.19. The highest BCUT2D eigenvalue weighted by Crippen LogP contribution is 2.33. The van der Waals surface area contributed by atoms with Crippen molar-refractivity contribution in [2.45, 2.75) is 32.4 Å². The van der Waals surface area contributed by atoms with Gasteiger partial charge >= 0.3 is 0 Å². The molecule has 1 amide bonds. The predicted octanol–water partition coefficient (Wildman–Crippen LogP) is 3.60. The first-order chi connectivity index (χ1) is 13.5. The molecule has 0 spiro atoms. The van der Waals surface area contributed by atoms with Crippen LogP contribution >= 0.6 is 0 Å². The van der Waals surface area contributed by atoms with Crippen LogP contribution in [0.3, 0.4) is 0 Å². The highest BCUT2D eigenvalue weighted by molar-refractivity contribution is 6.10. The smallest absolute Gasteiger partial charge is 0.293 e. The van der Waals surface area contributed by atoms with Crippen LogP contribution in [0.5, 0.6) is 0 Å². The summed E-state index contributed by atoms with van der Waals surface area (Å²) in [6.45, 7) is 2.52. The molecule has 1 saturated heterocycles. The van der Waals surface area contributed by atoms with E-state index in [2.05, 4.69) is 15.4 Å². The Kier molecular flexibility index (Phi) is 4.74. The minimum absolute atomic E-state index is 0.0380. The van der Waals surface area contributed by atoms with Crippen LogP contribution in [0.2, 0.25) is 0 Å². The largest absolute Gasteiger partial charge is 0.356 e. The van der Waals surface area contributed by atoms with Crippen LogP contribution in [0.4, 0.5) is 11.5 Å². The number of rotatable bonds is 4. The zero-order valence-electron chi connectivity index (χ0n) is 15.3. The van der Waals surface area contributed by atoms with Gasteiger partial charge in [-0.05, 0) is 49.9 Å². The van der Waals surface area contributed by atoms with Crippen molar-refractivity contribution >= 4 is 28.3 Å². The molecule has 1 atom stereocenters. The van der Waals surface area contributed by atoms with E-state index >= 15 is 0 Å². The Morgan fingerprint density at radius 3 is 2.82 bits per heavy atom. The van der Waals surface area contributed by atoms with Gasteiger partial charge in [0.05, 0.1) is 22.0 Å². The fourth-order valence-corrected chi connectivity index (χ4v) is 3.36. The number of carbonyl (C=O) groups excluding carboxylic acids is 1. The molecule has 9 heteroatoms. The number of anilines is 1. The Morgan fingerprint density at radius 2 is 2.14 bits per heavy atom. The molecule has 3 heterocycles. The van der Waals surface area contributed by atoms with Gasteiger partial charge in [0.1, 0.15) is 11.4 Å². The monoisotopic (exact) mass is 381 g/mol. The van der Waals surface area contributed by atoms with Crippen molar-refractivity contribution in [3.8, 4) is 0 Å². The molecule has 1 aromatic carbocycles. The van der Waals surface area contributed by atoms with Gasteiger partial charge in [0, 0.05) is 12.8 Å². The van der Waals surface area contributed by atoms with Crippen LogP contribution in [-0.4, -0.2) is 32.2 Å². The number of nitrogens with zero attached hydrogens (tertiary/aromatic N) is 4. The van der Waals surface area contributed by atoms with E-state index in [0.717, 1.165) is 24.8 Å². The Morgan fingerprint density at radius 1 is 1.29 bits per heavy atom. The molecule has 0 aliphatic carbocycles. The number of carbonyl (C=O) groups is 1. The quantitative estimate of drug-likeness (QED) is 0.546. The number of hydrogen-bond acceptors (Lipinski definition) is 6. The second-order valence-corrected chi connectivity index (χ2v) is 6.74. The summed E-state index contributed by atoms with van der Waals surface area (Å²) in [5.41, 5.74) is 1.21. The van der Waals surface area contributed by atoms with Gasteiger partial charge in [-0.25, -0.2) is 9.67 Å². The Balaban J connectivity index is 1.72. The average molecular weight is 381 g/mol. The van der Waals surface area contributed by atoms with Crippen LogP contribution < -0.4 is 5.32 Å². The lowest BCUT2D eigenvalue weighted by atomic mass is 10.1. The van der Waals surface area contributed by atoms with E-state index in [1.165, 1.54) is 12.3 Å². The summed E-state index contributed by atoms with van der Waals surface area (Å²) in [6, 6.07) is 6.57. The van der Waals surface area contributed by atoms with E-state index in [9.17, 15) is 14.9 Å². The number of ether oxygens (including phenoxy) is 1. The fourth-order valence-electron chi connectivity index (χ4n) is 3.36. The molecule has 28 heavy (non-hydrogen) atoms. The zero-order valence-corrected chi connectivity index (χ0v) is 15.3. The lowest BCUT2D eigenvalue weighted by molar-refractivity contribution is -0.383. The summed E-state index contributed by atoms with van der Waals surface area (Å²) in [5.74, 6) is -0.261. The molecule has 9 nitrogen and oxygen atoms in total. The van der Waals surface area contributed by atoms with Gasteiger partial charge in [0.25, 0.3) is 11.6 Å².